The first-order valence-electron chi connectivity index (χ1n) is 14.0. The molecule has 1 heterocycles. The Bertz CT molecular complexity index is 1170. The Balaban J connectivity index is 1.68. The van der Waals surface area contributed by atoms with Gasteiger partial charge in [0, 0.05) is 11.5 Å². The van der Waals surface area contributed by atoms with Crippen LogP contribution in [0.2, 0.25) is 0 Å². The first-order chi connectivity index (χ1) is 18.2. The summed E-state index contributed by atoms with van der Waals surface area (Å²) in [5.41, 5.74) is 7.28. The number of aliphatic hydroxyl groups is 3. The summed E-state index contributed by atoms with van der Waals surface area (Å²) >= 11 is 0. The number of benzene rings is 2. The molecule has 8 atom stereocenters. The summed E-state index contributed by atoms with van der Waals surface area (Å²) in [6, 6.07) is 10.1. The zero-order valence-electron chi connectivity index (χ0n) is 23.2. The van der Waals surface area contributed by atoms with Gasteiger partial charge in [0.25, 0.3) is 0 Å². The first kappa shape index (κ1) is 27.2. The highest BCUT2D eigenvalue weighted by molar-refractivity contribution is 5.65. The molecule has 2 aliphatic carbocycles. The summed E-state index contributed by atoms with van der Waals surface area (Å²) in [6.07, 6.45) is 0.689. The zero-order valence-corrected chi connectivity index (χ0v) is 23.2. The molecule has 1 saturated heterocycles. The van der Waals surface area contributed by atoms with E-state index in [2.05, 4.69) is 40.7 Å². The van der Waals surface area contributed by atoms with Gasteiger partial charge in [0.15, 0.2) is 11.5 Å². The molecule has 6 nitrogen and oxygen atoms in total. The van der Waals surface area contributed by atoms with Crippen LogP contribution in [0.5, 0.6) is 11.5 Å². The van der Waals surface area contributed by atoms with Gasteiger partial charge in [-0.1, -0.05) is 55.8 Å². The smallest absolute Gasteiger partial charge is 0.229 e. The molecule has 0 saturated carbocycles. The lowest BCUT2D eigenvalue weighted by molar-refractivity contribution is -0.242. The van der Waals surface area contributed by atoms with Gasteiger partial charge in [0.05, 0.1) is 6.61 Å². The van der Waals surface area contributed by atoms with Gasteiger partial charge in [-0.05, 0) is 80.0 Å². The topological polar surface area (TPSA) is 88.4 Å². The molecule has 0 radical (unpaired) electrons. The lowest BCUT2D eigenvalue weighted by Gasteiger charge is -2.44. The van der Waals surface area contributed by atoms with Crippen molar-refractivity contribution in [3.05, 3.63) is 69.8 Å². The maximum Gasteiger partial charge on any atom is 0.229 e. The predicted octanol–water partition coefficient (Wildman–Crippen LogP) is 5.46. The number of hydrogen-bond donors (Lipinski definition) is 3. The molecule has 0 aromatic heterocycles. The molecule has 7 unspecified atom stereocenters. The van der Waals surface area contributed by atoms with E-state index in [0.29, 0.717) is 35.9 Å². The van der Waals surface area contributed by atoms with E-state index in [0.717, 1.165) is 36.0 Å². The number of rotatable bonds is 6. The van der Waals surface area contributed by atoms with Gasteiger partial charge < -0.3 is 29.5 Å². The third-order valence-corrected chi connectivity index (χ3v) is 8.68. The summed E-state index contributed by atoms with van der Waals surface area (Å²) < 4.78 is 18.8. The molecule has 6 heteroatoms. The van der Waals surface area contributed by atoms with E-state index in [9.17, 15) is 15.3 Å². The van der Waals surface area contributed by atoms with E-state index in [-0.39, 0.29) is 12.5 Å². The van der Waals surface area contributed by atoms with Crippen molar-refractivity contribution >= 4 is 0 Å². The molecule has 3 aliphatic rings. The van der Waals surface area contributed by atoms with Crippen molar-refractivity contribution in [2.45, 2.75) is 103 Å². The molecule has 38 heavy (non-hydrogen) atoms. The van der Waals surface area contributed by atoms with E-state index in [1.807, 2.05) is 30.3 Å². The van der Waals surface area contributed by atoms with Crippen LogP contribution in [0.4, 0.5) is 0 Å². The Morgan fingerprint density at radius 1 is 0.974 bits per heavy atom. The number of aliphatic hydroxyl groups excluding tert-OH is 3. The van der Waals surface area contributed by atoms with Gasteiger partial charge in [-0.15, -0.1) is 0 Å². The standard InChI is InChI=1S/C32H42O6/c1-17(2)13-22-14-19(4)23-12-11-18(3)25-27(23)26(22)20(5)30(36-15-21-9-7-6-8-10-21)31(25)38-32-29(35)28(34)24(33)16-37-32/h6-10,13,18-19,22-24,28-29,32-35H,11-12,14-16H2,1-5H3/t18?,19?,22-,23?,24?,28?,29?,32?/m0/s1. The van der Waals surface area contributed by atoms with Crippen LogP contribution < -0.4 is 9.47 Å². The van der Waals surface area contributed by atoms with Crippen molar-refractivity contribution < 1.29 is 29.5 Å². The van der Waals surface area contributed by atoms with Gasteiger partial charge in [-0.3, -0.25) is 0 Å². The molecule has 2 aromatic carbocycles. The Morgan fingerprint density at radius 3 is 2.42 bits per heavy atom. The number of ether oxygens (including phenoxy) is 3. The summed E-state index contributed by atoms with van der Waals surface area (Å²) in [5, 5.41) is 31.1. The van der Waals surface area contributed by atoms with Crippen LogP contribution in [-0.4, -0.2) is 46.5 Å². The lowest BCUT2D eigenvalue weighted by Crippen LogP contribution is -2.55. The normalized spacial score (nSPS) is 32.3. The van der Waals surface area contributed by atoms with Crippen LogP contribution in [0.1, 0.15) is 92.5 Å². The molecule has 1 fully saturated rings. The molecular formula is C32H42O6. The second-order valence-corrected chi connectivity index (χ2v) is 11.8. The highest BCUT2D eigenvalue weighted by atomic mass is 16.7. The minimum absolute atomic E-state index is 0.111. The summed E-state index contributed by atoms with van der Waals surface area (Å²) in [7, 11) is 0. The fraction of sp³-hybridized carbons (Fsp3) is 0.562. The van der Waals surface area contributed by atoms with Crippen molar-refractivity contribution in [1.82, 2.24) is 0 Å². The molecule has 0 amide bonds. The van der Waals surface area contributed by atoms with E-state index in [1.54, 1.807) is 0 Å². The van der Waals surface area contributed by atoms with Crippen molar-refractivity contribution in [2.24, 2.45) is 5.92 Å². The van der Waals surface area contributed by atoms with Crippen LogP contribution in [-0.2, 0) is 11.3 Å². The van der Waals surface area contributed by atoms with Crippen LogP contribution in [0.25, 0.3) is 0 Å². The monoisotopic (exact) mass is 522 g/mol. The van der Waals surface area contributed by atoms with Crippen LogP contribution in [0, 0.1) is 12.8 Å². The lowest BCUT2D eigenvalue weighted by atomic mass is 9.62. The fourth-order valence-corrected chi connectivity index (χ4v) is 6.79. The third kappa shape index (κ3) is 5.00. The van der Waals surface area contributed by atoms with Crippen LogP contribution >= 0.6 is 0 Å². The predicted molar refractivity (Wildman–Crippen MR) is 147 cm³/mol. The first-order valence-corrected chi connectivity index (χ1v) is 14.0. The molecule has 5 rings (SSSR count). The average Bonchev–Trinajstić information content (AvgIpc) is 2.88. The average molecular weight is 523 g/mol. The molecule has 0 bridgehead atoms. The Hall–Kier alpha value is -2.38. The van der Waals surface area contributed by atoms with E-state index >= 15 is 0 Å². The molecule has 3 N–H and O–H groups in total. The van der Waals surface area contributed by atoms with Crippen LogP contribution in [0.3, 0.4) is 0 Å². The maximum absolute atomic E-state index is 10.7. The molecule has 1 aliphatic heterocycles. The van der Waals surface area contributed by atoms with Crippen molar-refractivity contribution in [3.8, 4) is 11.5 Å². The van der Waals surface area contributed by atoms with E-state index < -0.39 is 24.6 Å². The van der Waals surface area contributed by atoms with Crippen molar-refractivity contribution in [2.75, 3.05) is 6.61 Å². The quantitative estimate of drug-likeness (QED) is 0.437. The Kier molecular flexibility index (Phi) is 7.88. The van der Waals surface area contributed by atoms with E-state index in [4.69, 9.17) is 14.2 Å². The summed E-state index contributed by atoms with van der Waals surface area (Å²) in [5.74, 6) is 2.79. The third-order valence-electron chi connectivity index (χ3n) is 8.68. The SMILES string of the molecule is CC(C)=C[C@H]1CC(C)C2CCC(C)c3c(OC4OCC(O)C(O)C4O)c(OCc4ccccc4)c(C)c1c32. The minimum Gasteiger partial charge on any atom is -0.485 e. The van der Waals surface area contributed by atoms with Gasteiger partial charge in [0.1, 0.15) is 24.9 Å². The number of hydrogen-bond acceptors (Lipinski definition) is 6. The Morgan fingerprint density at radius 2 is 1.71 bits per heavy atom. The second kappa shape index (κ2) is 11.0. The summed E-state index contributed by atoms with van der Waals surface area (Å²) in [4.78, 5) is 0. The molecule has 206 valence electrons. The highest BCUT2D eigenvalue weighted by Crippen LogP contribution is 2.58. The van der Waals surface area contributed by atoms with Crippen LogP contribution in [0.15, 0.2) is 42.0 Å². The maximum atomic E-state index is 10.7. The largest absolute Gasteiger partial charge is 0.485 e. The second-order valence-electron chi connectivity index (χ2n) is 11.8. The minimum atomic E-state index is -1.38. The molecule has 0 spiro atoms. The van der Waals surface area contributed by atoms with Gasteiger partial charge in [-0.25, -0.2) is 0 Å². The Labute approximate surface area is 226 Å². The van der Waals surface area contributed by atoms with Gasteiger partial charge >= 0.3 is 0 Å². The van der Waals surface area contributed by atoms with Gasteiger partial charge in [0.2, 0.25) is 6.29 Å². The van der Waals surface area contributed by atoms with Crippen molar-refractivity contribution in [1.29, 1.82) is 0 Å². The van der Waals surface area contributed by atoms with E-state index in [1.165, 1.54) is 16.7 Å². The van der Waals surface area contributed by atoms with Gasteiger partial charge in [-0.2, -0.15) is 0 Å². The number of allylic oxidation sites excluding steroid dienone is 2. The zero-order chi connectivity index (χ0) is 27.1. The molecular weight excluding hydrogens is 480 g/mol. The molecule has 2 aromatic rings. The fourth-order valence-electron chi connectivity index (χ4n) is 6.79. The van der Waals surface area contributed by atoms with Crippen molar-refractivity contribution in [3.63, 3.8) is 0 Å². The highest BCUT2D eigenvalue weighted by Gasteiger charge is 2.44. The summed E-state index contributed by atoms with van der Waals surface area (Å²) in [6.45, 7) is 11.3.